The quantitative estimate of drug-likeness (QED) is 0.785. The van der Waals surface area contributed by atoms with Gasteiger partial charge in [0, 0.05) is 30.0 Å². The number of aromatic nitrogens is 4. The van der Waals surface area contributed by atoms with Gasteiger partial charge in [-0.3, -0.25) is 4.79 Å². The van der Waals surface area contributed by atoms with E-state index in [1.807, 2.05) is 35.0 Å². The van der Waals surface area contributed by atoms with Crippen molar-refractivity contribution in [1.82, 2.24) is 19.5 Å². The molecule has 0 atom stereocenters. The number of benzene rings is 1. The Bertz CT molecular complexity index is 709. The minimum atomic E-state index is -0.268. The van der Waals surface area contributed by atoms with E-state index in [1.54, 1.807) is 18.6 Å². The molecule has 0 aliphatic rings. The predicted octanol–water partition coefficient (Wildman–Crippen LogP) is 1.91. The fourth-order valence-corrected chi connectivity index (χ4v) is 1.78. The number of anilines is 1. The number of carbonyl (C=O) groups is 1. The highest BCUT2D eigenvalue weighted by atomic mass is 16.1. The molecular formula is C14H11N5O. The van der Waals surface area contributed by atoms with Crippen molar-refractivity contribution in [2.75, 3.05) is 5.32 Å². The number of nitrogens with one attached hydrogen (secondary N) is 1. The number of amides is 1. The Balaban J connectivity index is 1.82. The van der Waals surface area contributed by atoms with Gasteiger partial charge in [-0.1, -0.05) is 6.07 Å². The van der Waals surface area contributed by atoms with Crippen molar-refractivity contribution in [1.29, 1.82) is 0 Å². The molecule has 6 nitrogen and oxygen atoms in total. The second-order valence-corrected chi connectivity index (χ2v) is 4.07. The van der Waals surface area contributed by atoms with Gasteiger partial charge in [0.15, 0.2) is 0 Å². The molecule has 1 aromatic carbocycles. The van der Waals surface area contributed by atoms with Crippen molar-refractivity contribution in [3.8, 4) is 5.69 Å². The largest absolute Gasteiger partial charge is 0.321 e. The average molecular weight is 265 g/mol. The van der Waals surface area contributed by atoms with Crippen LogP contribution in [0.4, 0.5) is 5.69 Å². The van der Waals surface area contributed by atoms with Gasteiger partial charge in [-0.2, -0.15) is 0 Å². The second-order valence-electron chi connectivity index (χ2n) is 4.07. The van der Waals surface area contributed by atoms with Crippen LogP contribution < -0.4 is 5.32 Å². The van der Waals surface area contributed by atoms with Crippen LogP contribution in [0.15, 0.2) is 61.6 Å². The highest BCUT2D eigenvalue weighted by Gasteiger charge is 2.07. The first-order valence-corrected chi connectivity index (χ1v) is 5.99. The summed E-state index contributed by atoms with van der Waals surface area (Å²) in [6.07, 6.45) is 8.11. The molecule has 6 heteroatoms. The molecule has 0 fully saturated rings. The second kappa shape index (κ2) is 5.31. The maximum absolute atomic E-state index is 12.0. The zero-order chi connectivity index (χ0) is 13.8. The number of imidazole rings is 1. The van der Waals surface area contributed by atoms with Gasteiger partial charge in [0.2, 0.25) is 0 Å². The van der Waals surface area contributed by atoms with Crippen molar-refractivity contribution >= 4 is 11.6 Å². The predicted molar refractivity (Wildman–Crippen MR) is 73.5 cm³/mol. The molecule has 2 heterocycles. The first kappa shape index (κ1) is 12.0. The van der Waals surface area contributed by atoms with Crippen molar-refractivity contribution in [3.05, 3.63) is 67.3 Å². The molecule has 0 aliphatic heterocycles. The van der Waals surface area contributed by atoms with Gasteiger partial charge in [0.05, 0.1) is 6.33 Å². The summed E-state index contributed by atoms with van der Waals surface area (Å²) < 4.78 is 1.86. The minimum Gasteiger partial charge on any atom is -0.321 e. The zero-order valence-corrected chi connectivity index (χ0v) is 10.5. The molecule has 3 rings (SSSR count). The van der Waals surface area contributed by atoms with Crippen LogP contribution >= 0.6 is 0 Å². The van der Waals surface area contributed by atoms with Crippen LogP contribution in [0, 0.1) is 0 Å². The molecular weight excluding hydrogens is 254 g/mol. The minimum absolute atomic E-state index is 0.268. The van der Waals surface area contributed by atoms with Crippen molar-refractivity contribution in [3.63, 3.8) is 0 Å². The van der Waals surface area contributed by atoms with Gasteiger partial charge >= 0.3 is 0 Å². The maximum atomic E-state index is 12.0. The molecule has 0 unspecified atom stereocenters. The molecule has 0 saturated carbocycles. The lowest BCUT2D eigenvalue weighted by molar-refractivity contribution is 0.102. The van der Waals surface area contributed by atoms with Crippen LogP contribution in [-0.4, -0.2) is 25.4 Å². The van der Waals surface area contributed by atoms with Gasteiger partial charge in [-0.25, -0.2) is 15.0 Å². The van der Waals surface area contributed by atoms with Gasteiger partial charge in [-0.15, -0.1) is 0 Å². The average Bonchev–Trinajstić information content (AvgIpc) is 3.03. The Morgan fingerprint density at radius 2 is 2.10 bits per heavy atom. The van der Waals surface area contributed by atoms with Crippen molar-refractivity contribution in [2.24, 2.45) is 0 Å². The molecule has 0 radical (unpaired) electrons. The monoisotopic (exact) mass is 265 g/mol. The Hall–Kier alpha value is -3.02. The number of carbonyl (C=O) groups excluding carboxylic acids is 1. The lowest BCUT2D eigenvalue weighted by Gasteiger charge is -2.07. The highest BCUT2D eigenvalue weighted by Crippen LogP contribution is 2.15. The number of nitrogens with zero attached hydrogens (tertiary/aromatic N) is 4. The molecule has 2 aromatic heterocycles. The molecule has 1 amide bonds. The number of hydrogen-bond acceptors (Lipinski definition) is 4. The van der Waals surface area contributed by atoms with Gasteiger partial charge in [0.25, 0.3) is 5.91 Å². The summed E-state index contributed by atoms with van der Waals surface area (Å²) in [7, 11) is 0. The molecule has 20 heavy (non-hydrogen) atoms. The maximum Gasteiger partial charge on any atom is 0.274 e. The Labute approximate surface area is 115 Å². The molecule has 0 bridgehead atoms. The fourth-order valence-electron chi connectivity index (χ4n) is 1.78. The van der Waals surface area contributed by atoms with Gasteiger partial charge in [0.1, 0.15) is 12.0 Å². The van der Waals surface area contributed by atoms with Crippen LogP contribution in [0.3, 0.4) is 0 Å². The summed E-state index contributed by atoms with van der Waals surface area (Å²) in [4.78, 5) is 23.7. The summed E-state index contributed by atoms with van der Waals surface area (Å²) in [5, 5.41) is 2.80. The molecule has 0 saturated heterocycles. The van der Waals surface area contributed by atoms with E-state index in [9.17, 15) is 4.79 Å². The van der Waals surface area contributed by atoms with E-state index in [2.05, 4.69) is 20.3 Å². The van der Waals surface area contributed by atoms with E-state index in [0.29, 0.717) is 11.4 Å². The van der Waals surface area contributed by atoms with Crippen LogP contribution in [-0.2, 0) is 0 Å². The van der Waals surface area contributed by atoms with Crippen molar-refractivity contribution < 1.29 is 4.79 Å². The van der Waals surface area contributed by atoms with E-state index in [0.717, 1.165) is 5.69 Å². The Morgan fingerprint density at radius 3 is 2.85 bits per heavy atom. The Kier molecular flexibility index (Phi) is 3.20. The van der Waals surface area contributed by atoms with Crippen molar-refractivity contribution in [2.45, 2.75) is 0 Å². The first-order chi connectivity index (χ1) is 9.83. The van der Waals surface area contributed by atoms with Gasteiger partial charge in [-0.05, 0) is 24.3 Å². The highest BCUT2D eigenvalue weighted by molar-refractivity contribution is 6.02. The summed E-state index contributed by atoms with van der Waals surface area (Å²) in [5.41, 5.74) is 1.94. The summed E-state index contributed by atoms with van der Waals surface area (Å²) in [6, 6.07) is 9.04. The van der Waals surface area contributed by atoms with E-state index < -0.39 is 0 Å². The lowest BCUT2D eigenvalue weighted by Crippen LogP contribution is -2.13. The molecule has 0 aliphatic carbocycles. The molecule has 1 N–H and O–H groups in total. The van der Waals surface area contributed by atoms with Crippen LogP contribution in [0.25, 0.3) is 5.69 Å². The van der Waals surface area contributed by atoms with Crippen LogP contribution in [0.5, 0.6) is 0 Å². The number of rotatable bonds is 3. The van der Waals surface area contributed by atoms with Gasteiger partial charge < -0.3 is 9.88 Å². The van der Waals surface area contributed by atoms with E-state index >= 15 is 0 Å². The van der Waals surface area contributed by atoms with E-state index in [-0.39, 0.29) is 5.91 Å². The molecule has 0 spiro atoms. The third-order valence-corrected chi connectivity index (χ3v) is 2.72. The Morgan fingerprint density at radius 1 is 1.15 bits per heavy atom. The third kappa shape index (κ3) is 2.54. The van der Waals surface area contributed by atoms with E-state index in [1.165, 1.54) is 12.5 Å². The van der Waals surface area contributed by atoms with Crippen LogP contribution in [0.1, 0.15) is 10.5 Å². The lowest BCUT2D eigenvalue weighted by atomic mass is 10.2. The summed E-state index contributed by atoms with van der Waals surface area (Å²) >= 11 is 0. The smallest absolute Gasteiger partial charge is 0.274 e. The number of hydrogen-bond donors (Lipinski definition) is 1. The molecule has 98 valence electrons. The SMILES string of the molecule is O=C(Nc1cccc(-n2ccnc2)c1)c1ccncn1. The van der Waals surface area contributed by atoms with E-state index in [4.69, 9.17) is 0 Å². The summed E-state index contributed by atoms with van der Waals surface area (Å²) in [5.74, 6) is -0.268. The standard InChI is InChI=1S/C14H11N5O/c20-14(13-4-5-15-9-17-13)18-11-2-1-3-12(8-11)19-7-6-16-10-19/h1-10H,(H,18,20). The van der Waals surface area contributed by atoms with Crippen LogP contribution in [0.2, 0.25) is 0 Å². The first-order valence-electron chi connectivity index (χ1n) is 5.99. The topological polar surface area (TPSA) is 72.7 Å². The normalized spacial score (nSPS) is 10.2. The fraction of sp³-hybridized carbons (Fsp3) is 0. The summed E-state index contributed by atoms with van der Waals surface area (Å²) in [6.45, 7) is 0. The molecule has 3 aromatic rings. The zero-order valence-electron chi connectivity index (χ0n) is 10.5. The third-order valence-electron chi connectivity index (χ3n) is 2.72.